The van der Waals surface area contributed by atoms with Crippen molar-refractivity contribution in [3.8, 4) is 0 Å². The number of hydrogen-bond donors (Lipinski definition) is 1. The summed E-state index contributed by atoms with van der Waals surface area (Å²) in [5.74, 6) is 0.00640. The predicted octanol–water partition coefficient (Wildman–Crippen LogP) is 5.49. The van der Waals surface area contributed by atoms with Gasteiger partial charge in [0.15, 0.2) is 0 Å². The monoisotopic (exact) mass is 490 g/mol. The number of amides is 1. The second-order valence-corrected chi connectivity index (χ2v) is 10.3. The van der Waals surface area contributed by atoms with Gasteiger partial charge < -0.3 is 5.32 Å². The lowest BCUT2D eigenvalue weighted by atomic mass is 10.0. The number of halogens is 2. The van der Waals surface area contributed by atoms with Gasteiger partial charge in [0, 0.05) is 17.1 Å². The van der Waals surface area contributed by atoms with Crippen LogP contribution in [-0.2, 0) is 16.6 Å². The van der Waals surface area contributed by atoms with Gasteiger partial charge in [-0.05, 0) is 47.4 Å². The Hall–Kier alpha value is -2.54. The van der Waals surface area contributed by atoms with E-state index in [2.05, 4.69) is 12.2 Å². The third-order valence-electron chi connectivity index (χ3n) is 5.06. The maximum atomic E-state index is 12.5. The lowest BCUT2D eigenvalue weighted by molar-refractivity contribution is 0.0951. The average Bonchev–Trinajstić information content (AvgIpc) is 2.76. The second kappa shape index (κ2) is 10.4. The Morgan fingerprint density at radius 2 is 1.66 bits per heavy atom. The van der Waals surface area contributed by atoms with Gasteiger partial charge in [-0.25, -0.2) is 8.42 Å². The summed E-state index contributed by atoms with van der Waals surface area (Å²) in [7, 11) is -3.60. The van der Waals surface area contributed by atoms with Gasteiger partial charge in [-0.3, -0.25) is 9.10 Å². The molecule has 0 aliphatic rings. The molecule has 3 aromatic rings. The number of nitrogens with one attached hydrogen (secondary N) is 1. The summed E-state index contributed by atoms with van der Waals surface area (Å²) in [6.07, 6.45) is 1.12. The van der Waals surface area contributed by atoms with E-state index in [9.17, 15) is 13.2 Å². The van der Waals surface area contributed by atoms with Crippen molar-refractivity contribution in [2.24, 2.45) is 0 Å². The Labute approximate surface area is 199 Å². The zero-order chi connectivity index (χ0) is 23.3. The van der Waals surface area contributed by atoms with E-state index in [0.717, 1.165) is 17.4 Å². The molecule has 0 fully saturated rings. The first kappa shape index (κ1) is 24.1. The van der Waals surface area contributed by atoms with Gasteiger partial charge in [0.25, 0.3) is 5.91 Å². The molecule has 1 amide bonds. The van der Waals surface area contributed by atoms with Gasteiger partial charge >= 0.3 is 0 Å². The van der Waals surface area contributed by atoms with E-state index >= 15 is 0 Å². The molecule has 8 heteroatoms. The smallest absolute Gasteiger partial charge is 0.251 e. The van der Waals surface area contributed by atoms with Crippen LogP contribution in [-0.4, -0.2) is 27.1 Å². The molecule has 3 aromatic carbocycles. The van der Waals surface area contributed by atoms with Crippen LogP contribution in [0.5, 0.6) is 0 Å². The van der Waals surface area contributed by atoms with E-state index in [4.69, 9.17) is 23.2 Å². The lowest BCUT2D eigenvalue weighted by Gasteiger charge is -2.23. The molecule has 3 rings (SSSR count). The molecule has 0 aliphatic carbocycles. The van der Waals surface area contributed by atoms with Crippen LogP contribution in [0.4, 0.5) is 5.69 Å². The Kier molecular flexibility index (Phi) is 7.82. The average molecular weight is 491 g/mol. The predicted molar refractivity (Wildman–Crippen MR) is 131 cm³/mol. The Morgan fingerprint density at radius 1 is 1.00 bits per heavy atom. The van der Waals surface area contributed by atoms with Crippen molar-refractivity contribution in [3.05, 3.63) is 99.5 Å². The minimum Gasteiger partial charge on any atom is -0.351 e. The van der Waals surface area contributed by atoms with Gasteiger partial charge in [0.1, 0.15) is 0 Å². The van der Waals surface area contributed by atoms with E-state index in [1.165, 1.54) is 10.4 Å². The van der Waals surface area contributed by atoms with Crippen molar-refractivity contribution in [2.45, 2.75) is 19.4 Å². The van der Waals surface area contributed by atoms with Gasteiger partial charge in [-0.1, -0.05) is 72.6 Å². The van der Waals surface area contributed by atoms with Crippen molar-refractivity contribution in [3.63, 3.8) is 0 Å². The van der Waals surface area contributed by atoms with Crippen LogP contribution >= 0.6 is 23.2 Å². The van der Waals surface area contributed by atoms with E-state index < -0.39 is 10.0 Å². The van der Waals surface area contributed by atoms with Crippen molar-refractivity contribution in [2.75, 3.05) is 17.1 Å². The molecule has 1 atom stereocenters. The number of carbonyl (C=O) groups is 1. The molecule has 0 radical (unpaired) electrons. The Bertz CT molecular complexity index is 1180. The van der Waals surface area contributed by atoms with E-state index in [-0.39, 0.29) is 23.4 Å². The van der Waals surface area contributed by atoms with Crippen LogP contribution in [0.15, 0.2) is 72.8 Å². The summed E-state index contributed by atoms with van der Waals surface area (Å²) in [4.78, 5) is 12.5. The molecule has 0 bridgehead atoms. The number of nitrogens with zero attached hydrogens (tertiary/aromatic N) is 1. The van der Waals surface area contributed by atoms with Crippen LogP contribution in [0.2, 0.25) is 10.0 Å². The summed E-state index contributed by atoms with van der Waals surface area (Å²) in [6.45, 7) is 2.65. The third kappa shape index (κ3) is 6.25. The van der Waals surface area contributed by atoms with E-state index in [1.54, 1.807) is 36.4 Å². The minimum atomic E-state index is -3.60. The molecule has 0 spiro atoms. The van der Waals surface area contributed by atoms with E-state index in [0.29, 0.717) is 22.8 Å². The number of rotatable bonds is 8. The first-order valence-corrected chi connectivity index (χ1v) is 12.6. The molecular formula is C24H24Cl2N2O3S. The van der Waals surface area contributed by atoms with Gasteiger partial charge in [-0.2, -0.15) is 0 Å². The highest BCUT2D eigenvalue weighted by atomic mass is 35.5. The first-order valence-electron chi connectivity index (χ1n) is 10.00. The van der Waals surface area contributed by atoms with Gasteiger partial charge in [0.05, 0.1) is 23.5 Å². The van der Waals surface area contributed by atoms with Crippen molar-refractivity contribution >= 4 is 44.8 Å². The Balaban J connectivity index is 1.69. The van der Waals surface area contributed by atoms with Gasteiger partial charge in [-0.15, -0.1) is 0 Å². The molecule has 5 nitrogen and oxygen atoms in total. The second-order valence-electron chi connectivity index (χ2n) is 7.58. The van der Waals surface area contributed by atoms with Crippen molar-refractivity contribution < 1.29 is 13.2 Å². The number of carbonyl (C=O) groups excluding carboxylic acids is 1. The highest BCUT2D eigenvalue weighted by molar-refractivity contribution is 7.92. The molecular weight excluding hydrogens is 467 g/mol. The fourth-order valence-corrected chi connectivity index (χ4v) is 4.70. The molecule has 1 N–H and O–H groups in total. The maximum absolute atomic E-state index is 12.5. The number of anilines is 1. The fourth-order valence-electron chi connectivity index (χ4n) is 3.24. The molecule has 0 aliphatic heterocycles. The normalized spacial score (nSPS) is 12.2. The molecule has 1 unspecified atom stereocenters. The summed E-state index contributed by atoms with van der Waals surface area (Å²) >= 11 is 12.2. The molecule has 32 heavy (non-hydrogen) atoms. The summed E-state index contributed by atoms with van der Waals surface area (Å²) < 4.78 is 26.0. The zero-order valence-corrected chi connectivity index (χ0v) is 20.1. The summed E-state index contributed by atoms with van der Waals surface area (Å²) in [5, 5.41) is 3.61. The molecule has 168 valence electrons. The number of hydrogen-bond acceptors (Lipinski definition) is 3. The number of benzene rings is 3. The third-order valence-corrected chi connectivity index (χ3v) is 6.72. The van der Waals surface area contributed by atoms with E-state index in [1.807, 2.05) is 30.3 Å². The van der Waals surface area contributed by atoms with Crippen molar-refractivity contribution in [1.29, 1.82) is 0 Å². The molecule has 0 saturated heterocycles. The van der Waals surface area contributed by atoms with Crippen LogP contribution in [0.25, 0.3) is 0 Å². The zero-order valence-electron chi connectivity index (χ0n) is 17.8. The SMILES string of the molecule is CC(CNC(=O)c1ccc(CN(c2ccc(Cl)cc2Cl)S(C)(=O)=O)cc1)c1ccccc1. The van der Waals surface area contributed by atoms with Crippen LogP contribution in [0.1, 0.15) is 34.3 Å². The highest BCUT2D eigenvalue weighted by Gasteiger charge is 2.21. The molecule has 0 heterocycles. The standard InChI is InChI=1S/C24H24Cl2N2O3S/c1-17(19-6-4-3-5-7-19)15-27-24(29)20-10-8-18(9-11-20)16-28(32(2,30)31)23-13-12-21(25)14-22(23)26/h3-14,17H,15-16H2,1-2H3,(H,27,29). The Morgan fingerprint density at radius 3 is 2.25 bits per heavy atom. The number of sulfonamides is 1. The molecule has 0 aromatic heterocycles. The highest BCUT2D eigenvalue weighted by Crippen LogP contribution is 2.31. The molecule has 0 saturated carbocycles. The summed E-state index contributed by atoms with van der Waals surface area (Å²) in [6, 6.07) is 21.5. The topological polar surface area (TPSA) is 66.5 Å². The van der Waals surface area contributed by atoms with Crippen LogP contribution < -0.4 is 9.62 Å². The maximum Gasteiger partial charge on any atom is 0.251 e. The fraction of sp³-hybridized carbons (Fsp3) is 0.208. The summed E-state index contributed by atoms with van der Waals surface area (Å²) in [5.41, 5.74) is 2.72. The van der Waals surface area contributed by atoms with Crippen LogP contribution in [0, 0.1) is 0 Å². The van der Waals surface area contributed by atoms with Crippen LogP contribution in [0.3, 0.4) is 0 Å². The largest absolute Gasteiger partial charge is 0.351 e. The lowest BCUT2D eigenvalue weighted by Crippen LogP contribution is -2.30. The van der Waals surface area contributed by atoms with Gasteiger partial charge in [0.2, 0.25) is 10.0 Å². The van der Waals surface area contributed by atoms with Crippen molar-refractivity contribution in [1.82, 2.24) is 5.32 Å². The first-order chi connectivity index (χ1) is 15.1. The minimum absolute atomic E-state index is 0.0765. The quantitative estimate of drug-likeness (QED) is 0.453.